The number of rotatable bonds is 7. The van der Waals surface area contributed by atoms with E-state index in [1.165, 1.54) is 0 Å². The first-order valence-corrected chi connectivity index (χ1v) is 10.4. The van der Waals surface area contributed by atoms with Crippen LogP contribution in [-0.2, 0) is 6.54 Å². The molecule has 0 radical (unpaired) electrons. The summed E-state index contributed by atoms with van der Waals surface area (Å²) in [6.07, 6.45) is 0. The molecule has 0 spiro atoms. The van der Waals surface area contributed by atoms with E-state index in [0.717, 1.165) is 5.56 Å². The number of amides is 1. The molecule has 1 N–H and O–H groups in total. The fraction of sp³-hybridized carbons (Fsp3) is 0.120. The van der Waals surface area contributed by atoms with E-state index in [9.17, 15) is 4.79 Å². The zero-order valence-electron chi connectivity index (χ0n) is 17.7. The van der Waals surface area contributed by atoms with Crippen molar-refractivity contribution >= 4 is 23.2 Å². The minimum atomic E-state index is -0.315. The lowest BCUT2D eigenvalue weighted by atomic mass is 10.2. The SMILES string of the molecule is COc1ccccc1Oc1ccc(NC(=O)c2c(C)nn(Cc3ccccc3)c2Cl)cc1. The van der Waals surface area contributed by atoms with E-state index in [-0.39, 0.29) is 5.91 Å². The lowest BCUT2D eigenvalue weighted by Crippen LogP contribution is -2.13. The van der Waals surface area contributed by atoms with Crippen molar-refractivity contribution in [3.8, 4) is 17.2 Å². The van der Waals surface area contributed by atoms with Crippen LogP contribution in [0, 0.1) is 6.92 Å². The predicted molar refractivity (Wildman–Crippen MR) is 125 cm³/mol. The van der Waals surface area contributed by atoms with Gasteiger partial charge in [0.25, 0.3) is 5.91 Å². The largest absolute Gasteiger partial charge is 0.493 e. The van der Waals surface area contributed by atoms with Gasteiger partial charge in [-0.25, -0.2) is 4.68 Å². The maximum absolute atomic E-state index is 12.9. The summed E-state index contributed by atoms with van der Waals surface area (Å²) in [7, 11) is 1.59. The van der Waals surface area contributed by atoms with Crippen molar-refractivity contribution in [3.05, 3.63) is 101 Å². The summed E-state index contributed by atoms with van der Waals surface area (Å²) in [6.45, 7) is 2.26. The second kappa shape index (κ2) is 9.58. The standard InChI is InChI=1S/C25H22ClN3O3/c1-17-23(24(26)29(28-17)16-18-8-4-3-5-9-18)25(30)27-19-12-14-20(15-13-19)32-22-11-7-6-10-21(22)31-2/h3-15H,16H2,1-2H3,(H,27,30). The topological polar surface area (TPSA) is 65.4 Å². The lowest BCUT2D eigenvalue weighted by molar-refractivity contribution is 0.102. The Labute approximate surface area is 191 Å². The van der Waals surface area contributed by atoms with E-state index >= 15 is 0 Å². The Kier molecular flexibility index (Phi) is 6.42. The fourth-order valence-electron chi connectivity index (χ4n) is 3.30. The summed E-state index contributed by atoms with van der Waals surface area (Å²) < 4.78 is 12.8. The van der Waals surface area contributed by atoms with Crippen LogP contribution < -0.4 is 14.8 Å². The van der Waals surface area contributed by atoms with Crippen LogP contribution in [0.3, 0.4) is 0 Å². The molecule has 0 bridgehead atoms. The van der Waals surface area contributed by atoms with Gasteiger partial charge in [-0.1, -0.05) is 54.1 Å². The lowest BCUT2D eigenvalue weighted by Gasteiger charge is -2.11. The molecule has 162 valence electrons. The molecule has 0 aliphatic carbocycles. The third-order valence-electron chi connectivity index (χ3n) is 4.88. The third kappa shape index (κ3) is 4.76. The van der Waals surface area contributed by atoms with Crippen LogP contribution in [0.25, 0.3) is 0 Å². The predicted octanol–water partition coefficient (Wildman–Crippen LogP) is 5.95. The van der Waals surface area contributed by atoms with Gasteiger partial charge >= 0.3 is 0 Å². The molecule has 1 aromatic heterocycles. The molecule has 6 nitrogen and oxygen atoms in total. The molecule has 0 fully saturated rings. The Morgan fingerprint density at radius 2 is 1.62 bits per heavy atom. The Bertz CT molecular complexity index is 1220. The molecule has 0 saturated carbocycles. The number of aryl methyl sites for hydroxylation is 1. The summed E-state index contributed by atoms with van der Waals surface area (Å²) in [5.74, 6) is 1.56. The van der Waals surface area contributed by atoms with Crippen LogP contribution in [0.5, 0.6) is 17.2 Å². The molecule has 4 rings (SSSR count). The van der Waals surface area contributed by atoms with Gasteiger partial charge in [0.1, 0.15) is 10.9 Å². The molecule has 0 unspecified atom stereocenters. The maximum atomic E-state index is 12.9. The number of halogens is 1. The molecular formula is C25H22ClN3O3. The van der Waals surface area contributed by atoms with Crippen molar-refractivity contribution in [2.45, 2.75) is 13.5 Å². The first kappa shape index (κ1) is 21.5. The second-order valence-corrected chi connectivity index (χ2v) is 7.48. The van der Waals surface area contributed by atoms with E-state index in [2.05, 4.69) is 10.4 Å². The van der Waals surface area contributed by atoms with Crippen LogP contribution in [0.2, 0.25) is 5.15 Å². The minimum absolute atomic E-state index is 0.306. The highest BCUT2D eigenvalue weighted by Gasteiger charge is 2.20. The first-order valence-electron chi connectivity index (χ1n) is 10.0. The fourth-order valence-corrected chi connectivity index (χ4v) is 3.62. The minimum Gasteiger partial charge on any atom is -0.493 e. The van der Waals surface area contributed by atoms with E-state index in [1.807, 2.05) is 54.6 Å². The number of carbonyl (C=O) groups excluding carboxylic acids is 1. The number of para-hydroxylation sites is 2. The van der Waals surface area contributed by atoms with Crippen molar-refractivity contribution in [1.29, 1.82) is 0 Å². The van der Waals surface area contributed by atoms with E-state index in [1.54, 1.807) is 43.0 Å². The van der Waals surface area contributed by atoms with Crippen molar-refractivity contribution in [2.24, 2.45) is 0 Å². The average molecular weight is 448 g/mol. The Morgan fingerprint density at radius 1 is 0.969 bits per heavy atom. The molecule has 7 heteroatoms. The molecule has 0 atom stereocenters. The van der Waals surface area contributed by atoms with Gasteiger partial charge in [-0.2, -0.15) is 5.10 Å². The summed E-state index contributed by atoms with van der Waals surface area (Å²) in [6, 6.07) is 24.3. The van der Waals surface area contributed by atoms with Gasteiger partial charge in [0.05, 0.1) is 24.9 Å². The molecule has 3 aromatic carbocycles. The smallest absolute Gasteiger partial charge is 0.260 e. The monoisotopic (exact) mass is 447 g/mol. The van der Waals surface area contributed by atoms with Crippen LogP contribution >= 0.6 is 11.6 Å². The summed E-state index contributed by atoms with van der Waals surface area (Å²) in [5.41, 5.74) is 2.60. The van der Waals surface area contributed by atoms with E-state index in [4.69, 9.17) is 21.1 Å². The van der Waals surface area contributed by atoms with Gasteiger partial charge < -0.3 is 14.8 Å². The second-order valence-electron chi connectivity index (χ2n) is 7.13. The third-order valence-corrected chi connectivity index (χ3v) is 5.26. The number of hydrogen-bond acceptors (Lipinski definition) is 4. The van der Waals surface area contributed by atoms with Crippen molar-refractivity contribution in [1.82, 2.24) is 9.78 Å². The average Bonchev–Trinajstić information content (AvgIpc) is 3.09. The number of hydrogen-bond donors (Lipinski definition) is 1. The van der Waals surface area contributed by atoms with Gasteiger partial charge in [0.15, 0.2) is 11.5 Å². The normalized spacial score (nSPS) is 10.6. The highest BCUT2D eigenvalue weighted by molar-refractivity contribution is 6.33. The zero-order valence-corrected chi connectivity index (χ0v) is 18.5. The zero-order chi connectivity index (χ0) is 22.5. The van der Waals surface area contributed by atoms with E-state index in [0.29, 0.717) is 45.9 Å². The Morgan fingerprint density at radius 3 is 2.31 bits per heavy atom. The Balaban J connectivity index is 1.46. The van der Waals surface area contributed by atoms with Crippen LogP contribution in [0.1, 0.15) is 21.6 Å². The molecule has 0 saturated heterocycles. The van der Waals surface area contributed by atoms with Crippen molar-refractivity contribution in [3.63, 3.8) is 0 Å². The van der Waals surface area contributed by atoms with Crippen molar-refractivity contribution < 1.29 is 14.3 Å². The maximum Gasteiger partial charge on any atom is 0.260 e. The molecule has 0 aliphatic rings. The number of methoxy groups -OCH3 is 1. The van der Waals surface area contributed by atoms with Gasteiger partial charge in [0.2, 0.25) is 0 Å². The molecule has 1 amide bonds. The van der Waals surface area contributed by atoms with Crippen LogP contribution in [-0.4, -0.2) is 22.8 Å². The number of benzene rings is 3. The molecule has 1 heterocycles. The number of nitrogens with one attached hydrogen (secondary N) is 1. The van der Waals surface area contributed by atoms with Crippen LogP contribution in [0.15, 0.2) is 78.9 Å². The summed E-state index contributed by atoms with van der Waals surface area (Å²) in [4.78, 5) is 12.9. The highest BCUT2D eigenvalue weighted by atomic mass is 35.5. The van der Waals surface area contributed by atoms with Crippen LogP contribution in [0.4, 0.5) is 5.69 Å². The Hall–Kier alpha value is -3.77. The van der Waals surface area contributed by atoms with E-state index < -0.39 is 0 Å². The van der Waals surface area contributed by atoms with Gasteiger partial charge in [-0.15, -0.1) is 0 Å². The summed E-state index contributed by atoms with van der Waals surface area (Å²) >= 11 is 6.49. The number of anilines is 1. The first-order chi connectivity index (χ1) is 15.5. The quantitative estimate of drug-likeness (QED) is 0.380. The highest BCUT2D eigenvalue weighted by Crippen LogP contribution is 2.31. The van der Waals surface area contributed by atoms with Crippen molar-refractivity contribution in [2.75, 3.05) is 12.4 Å². The number of carbonyl (C=O) groups is 1. The molecule has 4 aromatic rings. The molecular weight excluding hydrogens is 426 g/mol. The molecule has 32 heavy (non-hydrogen) atoms. The number of aromatic nitrogens is 2. The number of ether oxygens (including phenoxy) is 2. The van der Waals surface area contributed by atoms with Gasteiger partial charge in [-0.05, 0) is 48.9 Å². The van der Waals surface area contributed by atoms with Gasteiger partial charge in [0, 0.05) is 5.69 Å². The summed E-state index contributed by atoms with van der Waals surface area (Å²) in [5, 5.41) is 7.62. The van der Waals surface area contributed by atoms with Gasteiger partial charge in [-0.3, -0.25) is 4.79 Å². The molecule has 0 aliphatic heterocycles. The number of nitrogens with zero attached hydrogens (tertiary/aromatic N) is 2.